The summed E-state index contributed by atoms with van der Waals surface area (Å²) in [5, 5.41) is 10.7. The molecule has 0 N–H and O–H groups in total. The Kier molecular flexibility index (Phi) is 21.0. The second-order valence-electron chi connectivity index (χ2n) is 23.6. The minimum absolute atomic E-state index is 0.0136. The van der Waals surface area contributed by atoms with Gasteiger partial charge in [0.15, 0.2) is 0 Å². The van der Waals surface area contributed by atoms with Crippen molar-refractivity contribution in [1.82, 2.24) is 0 Å². The molecule has 1 aliphatic carbocycles. The minimum atomic E-state index is -0.0136. The lowest BCUT2D eigenvalue weighted by atomic mass is 9.70. The van der Waals surface area contributed by atoms with Gasteiger partial charge in [-0.25, -0.2) is 0 Å². The molecule has 0 aromatic heterocycles. The van der Waals surface area contributed by atoms with Gasteiger partial charge in [-0.1, -0.05) is 227 Å². The monoisotopic (exact) mass is 1030 g/mol. The van der Waals surface area contributed by atoms with Crippen molar-refractivity contribution in [2.75, 3.05) is 13.2 Å². The van der Waals surface area contributed by atoms with Gasteiger partial charge in [0.1, 0.15) is 11.5 Å². The molecule has 0 spiro atoms. The Morgan fingerprint density at radius 2 is 0.649 bits per heavy atom. The fourth-order valence-corrected chi connectivity index (χ4v) is 13.1. The van der Waals surface area contributed by atoms with Crippen LogP contribution in [-0.4, -0.2) is 13.2 Å². The maximum Gasteiger partial charge on any atom is 0.122 e. The van der Waals surface area contributed by atoms with Crippen molar-refractivity contribution in [3.8, 4) is 22.6 Å². The molecule has 0 amide bonds. The van der Waals surface area contributed by atoms with Crippen molar-refractivity contribution in [3.63, 3.8) is 0 Å². The van der Waals surface area contributed by atoms with Crippen molar-refractivity contribution in [3.05, 3.63) is 167 Å². The Labute approximate surface area is 465 Å². The standard InChI is InChI=1S/C75H94O2/c1-5-7-9-11-19-29-43-75(44-30-20-12-10-8-6-2)71-55-73(76-45-31-21-15-13-17-23-33-59-39-41-65-51-61-35-25-27-37-63(61)53-67(65)49-59)57(3)47-69(71)70-48-58(4)74(56-72(70)75)77-46-32-22-16-14-18-24-34-60-40-42-66-52-62-36-26-28-38-64(62)54-68(66)50-60/h25-28,35-42,47-56H,5-24,29-34,43-46H2,1-4H3. The largest absolute Gasteiger partial charge is 0.493 e. The summed E-state index contributed by atoms with van der Waals surface area (Å²) < 4.78 is 13.6. The first kappa shape index (κ1) is 56.1. The van der Waals surface area contributed by atoms with Crippen LogP contribution in [0.15, 0.2) is 133 Å². The predicted octanol–water partition coefficient (Wildman–Crippen LogP) is 22.6. The van der Waals surface area contributed by atoms with Gasteiger partial charge in [-0.15, -0.1) is 0 Å². The van der Waals surface area contributed by atoms with Gasteiger partial charge in [0.2, 0.25) is 0 Å². The van der Waals surface area contributed by atoms with Gasteiger partial charge >= 0.3 is 0 Å². The van der Waals surface area contributed by atoms with Crippen LogP contribution in [0.1, 0.15) is 214 Å². The Morgan fingerprint density at radius 3 is 1.05 bits per heavy atom. The average molecular weight is 1030 g/mol. The third-order valence-electron chi connectivity index (χ3n) is 17.6. The van der Waals surface area contributed by atoms with Crippen LogP contribution in [0.3, 0.4) is 0 Å². The highest BCUT2D eigenvalue weighted by atomic mass is 16.5. The Bertz CT molecular complexity index is 2910. The first-order chi connectivity index (χ1) is 37.9. The molecule has 0 saturated carbocycles. The van der Waals surface area contributed by atoms with Gasteiger partial charge < -0.3 is 9.47 Å². The number of unbranched alkanes of at least 4 members (excludes halogenated alkanes) is 20. The number of rotatable bonds is 34. The molecule has 0 radical (unpaired) electrons. The van der Waals surface area contributed by atoms with Crippen LogP contribution < -0.4 is 9.47 Å². The number of aryl methyl sites for hydroxylation is 4. The average Bonchev–Trinajstić information content (AvgIpc) is 3.98. The van der Waals surface area contributed by atoms with Crippen LogP contribution >= 0.6 is 0 Å². The van der Waals surface area contributed by atoms with Crippen LogP contribution in [-0.2, 0) is 18.3 Å². The molecule has 8 aromatic carbocycles. The SMILES string of the molecule is CCCCCCCCC1(CCCCCCCC)c2cc(OCCCCCCCCc3ccc4cc5ccccc5cc4c3)c(C)cc2-c2cc(C)c(OCCCCCCCCc3ccc4cc5ccccc5cc4c3)cc21. The highest BCUT2D eigenvalue weighted by Crippen LogP contribution is 2.57. The zero-order chi connectivity index (χ0) is 53.1. The van der Waals surface area contributed by atoms with E-state index < -0.39 is 0 Å². The zero-order valence-corrected chi connectivity index (χ0v) is 48.2. The molecule has 8 aromatic rings. The highest BCUT2D eigenvalue weighted by Gasteiger charge is 2.43. The van der Waals surface area contributed by atoms with Crippen LogP contribution in [0.2, 0.25) is 0 Å². The molecule has 77 heavy (non-hydrogen) atoms. The molecule has 0 heterocycles. The van der Waals surface area contributed by atoms with Crippen molar-refractivity contribution >= 4 is 43.1 Å². The number of fused-ring (bicyclic) bond motifs is 7. The number of benzene rings is 8. The second kappa shape index (κ2) is 28.9. The van der Waals surface area contributed by atoms with E-state index >= 15 is 0 Å². The first-order valence-corrected chi connectivity index (χ1v) is 31.3. The third kappa shape index (κ3) is 15.0. The number of hydrogen-bond donors (Lipinski definition) is 0. The van der Waals surface area contributed by atoms with Gasteiger partial charge in [-0.3, -0.25) is 0 Å². The van der Waals surface area contributed by atoms with Gasteiger partial charge in [-0.05, 0) is 201 Å². The molecule has 0 saturated heterocycles. The van der Waals surface area contributed by atoms with E-state index in [1.807, 2.05) is 0 Å². The molecule has 2 nitrogen and oxygen atoms in total. The maximum absolute atomic E-state index is 6.82. The quantitative estimate of drug-likeness (QED) is 0.0296. The Balaban J connectivity index is 0.786. The van der Waals surface area contributed by atoms with Crippen molar-refractivity contribution < 1.29 is 9.47 Å². The molecular weight excluding hydrogens is 933 g/mol. The minimum Gasteiger partial charge on any atom is -0.493 e. The van der Waals surface area contributed by atoms with Gasteiger partial charge in [0.25, 0.3) is 0 Å². The van der Waals surface area contributed by atoms with E-state index in [0.29, 0.717) is 0 Å². The molecule has 0 atom stereocenters. The van der Waals surface area contributed by atoms with E-state index in [1.54, 1.807) is 0 Å². The summed E-state index contributed by atoms with van der Waals surface area (Å²) in [6.45, 7) is 10.8. The summed E-state index contributed by atoms with van der Waals surface area (Å²) in [6.07, 6.45) is 35.5. The molecule has 1 aliphatic rings. The van der Waals surface area contributed by atoms with E-state index in [2.05, 4.69) is 161 Å². The topological polar surface area (TPSA) is 18.5 Å². The third-order valence-corrected chi connectivity index (χ3v) is 17.6. The van der Waals surface area contributed by atoms with Crippen molar-refractivity contribution in [1.29, 1.82) is 0 Å². The summed E-state index contributed by atoms with van der Waals surface area (Å²) in [4.78, 5) is 0. The predicted molar refractivity (Wildman–Crippen MR) is 335 cm³/mol. The van der Waals surface area contributed by atoms with Gasteiger partial charge in [0, 0.05) is 5.41 Å². The van der Waals surface area contributed by atoms with E-state index in [4.69, 9.17) is 9.47 Å². The fourth-order valence-electron chi connectivity index (χ4n) is 13.1. The highest BCUT2D eigenvalue weighted by molar-refractivity contribution is 5.99. The molecule has 406 valence electrons. The van der Waals surface area contributed by atoms with E-state index in [9.17, 15) is 0 Å². The van der Waals surface area contributed by atoms with Gasteiger partial charge in [-0.2, -0.15) is 0 Å². The molecule has 0 bridgehead atoms. The summed E-state index contributed by atoms with van der Waals surface area (Å²) in [6, 6.07) is 51.0. The zero-order valence-electron chi connectivity index (χ0n) is 48.2. The summed E-state index contributed by atoms with van der Waals surface area (Å²) in [5.41, 5.74) is 11.4. The van der Waals surface area contributed by atoms with E-state index in [-0.39, 0.29) is 5.41 Å². The lowest BCUT2D eigenvalue weighted by Gasteiger charge is -2.33. The van der Waals surface area contributed by atoms with Crippen LogP contribution in [0.5, 0.6) is 11.5 Å². The number of ether oxygens (including phenoxy) is 2. The van der Waals surface area contributed by atoms with Crippen molar-refractivity contribution in [2.24, 2.45) is 0 Å². The molecular formula is C75H94O2. The normalized spacial score (nSPS) is 12.8. The molecule has 0 unspecified atom stereocenters. The van der Waals surface area contributed by atoms with E-state index in [0.717, 1.165) is 50.4 Å². The molecule has 0 fully saturated rings. The Hall–Kier alpha value is -5.60. The van der Waals surface area contributed by atoms with E-state index in [1.165, 1.54) is 242 Å². The van der Waals surface area contributed by atoms with Crippen LogP contribution in [0, 0.1) is 13.8 Å². The smallest absolute Gasteiger partial charge is 0.122 e. The van der Waals surface area contributed by atoms with Crippen molar-refractivity contribution in [2.45, 2.75) is 213 Å². The Morgan fingerprint density at radius 1 is 0.312 bits per heavy atom. The second-order valence-corrected chi connectivity index (χ2v) is 23.6. The van der Waals surface area contributed by atoms with Crippen LogP contribution in [0.25, 0.3) is 54.2 Å². The molecule has 2 heteroatoms. The van der Waals surface area contributed by atoms with Gasteiger partial charge in [0.05, 0.1) is 13.2 Å². The lowest BCUT2D eigenvalue weighted by Crippen LogP contribution is -2.26. The number of hydrogen-bond acceptors (Lipinski definition) is 2. The first-order valence-electron chi connectivity index (χ1n) is 31.3. The lowest BCUT2D eigenvalue weighted by molar-refractivity contribution is 0.300. The maximum atomic E-state index is 6.82. The molecule has 9 rings (SSSR count). The molecule has 0 aliphatic heterocycles. The summed E-state index contributed by atoms with van der Waals surface area (Å²) in [7, 11) is 0. The fraction of sp³-hybridized carbons (Fsp3) is 0.467. The summed E-state index contributed by atoms with van der Waals surface area (Å²) >= 11 is 0. The van der Waals surface area contributed by atoms with Crippen LogP contribution in [0.4, 0.5) is 0 Å². The summed E-state index contributed by atoms with van der Waals surface area (Å²) in [5.74, 6) is 2.21.